The highest BCUT2D eigenvalue weighted by Crippen LogP contribution is 2.31. The molecule has 3 aromatic rings. The fraction of sp³-hybridized carbons (Fsp3) is 0.300. The first-order chi connectivity index (χ1) is 13.1. The lowest BCUT2D eigenvalue weighted by Gasteiger charge is -2.28. The summed E-state index contributed by atoms with van der Waals surface area (Å²) in [6, 6.07) is 10.1. The lowest BCUT2D eigenvalue weighted by molar-refractivity contribution is -0.135. The van der Waals surface area contributed by atoms with Crippen molar-refractivity contribution in [1.29, 1.82) is 0 Å². The van der Waals surface area contributed by atoms with Crippen molar-refractivity contribution in [2.45, 2.75) is 12.3 Å². The van der Waals surface area contributed by atoms with Crippen LogP contribution in [0.1, 0.15) is 23.6 Å². The number of imidazole rings is 1. The SMILES string of the molecule is O=C(CC(c1ccccc1F)c1cnc2ccc(Cl)cn12)N1CCOCC1. The van der Waals surface area contributed by atoms with E-state index < -0.39 is 5.92 Å². The predicted octanol–water partition coefficient (Wildman–Crippen LogP) is 3.51. The predicted molar refractivity (Wildman–Crippen MR) is 100 cm³/mol. The van der Waals surface area contributed by atoms with E-state index in [4.69, 9.17) is 16.3 Å². The summed E-state index contributed by atoms with van der Waals surface area (Å²) in [6.45, 7) is 2.17. The van der Waals surface area contributed by atoms with Crippen LogP contribution in [0.4, 0.5) is 4.39 Å². The molecule has 0 N–H and O–H groups in total. The highest BCUT2D eigenvalue weighted by molar-refractivity contribution is 6.30. The first-order valence-electron chi connectivity index (χ1n) is 8.86. The summed E-state index contributed by atoms with van der Waals surface area (Å²) in [5.41, 5.74) is 1.91. The second-order valence-electron chi connectivity index (χ2n) is 6.53. The second kappa shape index (κ2) is 7.66. The van der Waals surface area contributed by atoms with Gasteiger partial charge in [0.15, 0.2) is 0 Å². The summed E-state index contributed by atoms with van der Waals surface area (Å²) in [5.74, 6) is -0.826. The number of morpholine rings is 1. The first-order valence-corrected chi connectivity index (χ1v) is 9.24. The molecule has 1 amide bonds. The molecule has 1 aromatic carbocycles. The third-order valence-corrected chi connectivity index (χ3v) is 5.10. The molecule has 1 fully saturated rings. The summed E-state index contributed by atoms with van der Waals surface area (Å²) in [4.78, 5) is 19.0. The highest BCUT2D eigenvalue weighted by atomic mass is 35.5. The first kappa shape index (κ1) is 17.9. The van der Waals surface area contributed by atoms with Gasteiger partial charge < -0.3 is 14.0 Å². The molecule has 0 saturated carbocycles. The standard InChI is InChI=1S/C20H19ClFN3O2/c21-14-5-6-19-23-12-18(25(19)13-14)16(15-3-1-2-4-17(15)22)11-20(26)24-7-9-27-10-8-24/h1-6,12-13,16H,7-11H2. The molecule has 1 saturated heterocycles. The Hall–Kier alpha value is -2.44. The van der Waals surface area contributed by atoms with Gasteiger partial charge in [-0.05, 0) is 23.8 Å². The number of nitrogens with zero attached hydrogens (tertiary/aromatic N) is 3. The van der Waals surface area contributed by atoms with E-state index in [1.165, 1.54) is 6.07 Å². The minimum Gasteiger partial charge on any atom is -0.378 e. The Kier molecular flexibility index (Phi) is 5.09. The molecule has 140 valence electrons. The number of halogens is 2. The van der Waals surface area contributed by atoms with Crippen LogP contribution >= 0.6 is 11.6 Å². The van der Waals surface area contributed by atoms with Gasteiger partial charge in [0.2, 0.25) is 5.91 Å². The van der Waals surface area contributed by atoms with Crippen LogP contribution in [0.15, 0.2) is 48.8 Å². The van der Waals surface area contributed by atoms with Crippen molar-refractivity contribution in [3.63, 3.8) is 0 Å². The van der Waals surface area contributed by atoms with E-state index in [-0.39, 0.29) is 18.1 Å². The number of ether oxygens (including phenoxy) is 1. The molecule has 4 rings (SSSR count). The van der Waals surface area contributed by atoms with Crippen LogP contribution in [0.3, 0.4) is 0 Å². The molecule has 1 unspecified atom stereocenters. The average molecular weight is 388 g/mol. The number of hydrogen-bond acceptors (Lipinski definition) is 3. The van der Waals surface area contributed by atoms with Gasteiger partial charge in [-0.1, -0.05) is 29.8 Å². The largest absolute Gasteiger partial charge is 0.378 e. The number of hydrogen-bond donors (Lipinski definition) is 0. The van der Waals surface area contributed by atoms with Crippen molar-refractivity contribution in [2.24, 2.45) is 0 Å². The topological polar surface area (TPSA) is 46.8 Å². The van der Waals surface area contributed by atoms with Gasteiger partial charge in [0, 0.05) is 37.8 Å². The van der Waals surface area contributed by atoms with Gasteiger partial charge in [0.1, 0.15) is 11.5 Å². The molecule has 1 aliphatic rings. The van der Waals surface area contributed by atoms with Gasteiger partial charge in [-0.2, -0.15) is 0 Å². The molecule has 27 heavy (non-hydrogen) atoms. The molecule has 7 heteroatoms. The Morgan fingerprint density at radius 3 is 2.78 bits per heavy atom. The minimum absolute atomic E-state index is 0.0245. The molecule has 0 spiro atoms. The number of carbonyl (C=O) groups is 1. The monoisotopic (exact) mass is 387 g/mol. The van der Waals surface area contributed by atoms with E-state index in [0.29, 0.717) is 42.5 Å². The number of aromatic nitrogens is 2. The van der Waals surface area contributed by atoms with E-state index in [9.17, 15) is 9.18 Å². The van der Waals surface area contributed by atoms with Crippen molar-refractivity contribution in [3.05, 3.63) is 70.9 Å². The zero-order valence-corrected chi connectivity index (χ0v) is 15.4. The van der Waals surface area contributed by atoms with E-state index in [1.54, 1.807) is 47.6 Å². The number of amides is 1. The van der Waals surface area contributed by atoms with Gasteiger partial charge in [-0.3, -0.25) is 4.79 Å². The van der Waals surface area contributed by atoms with Gasteiger partial charge in [-0.15, -0.1) is 0 Å². The maximum atomic E-state index is 14.6. The van der Waals surface area contributed by atoms with Gasteiger partial charge in [0.25, 0.3) is 0 Å². The molecule has 1 atom stereocenters. The second-order valence-corrected chi connectivity index (χ2v) is 6.97. The van der Waals surface area contributed by atoms with Crippen LogP contribution in [-0.4, -0.2) is 46.5 Å². The van der Waals surface area contributed by atoms with E-state index in [1.807, 2.05) is 4.40 Å². The number of benzene rings is 1. The maximum Gasteiger partial charge on any atom is 0.223 e. The molecule has 0 bridgehead atoms. The Labute approximate surface area is 161 Å². The maximum absolute atomic E-state index is 14.6. The van der Waals surface area contributed by atoms with Gasteiger partial charge in [-0.25, -0.2) is 9.37 Å². The molecule has 5 nitrogen and oxygen atoms in total. The Bertz CT molecular complexity index is 969. The van der Waals surface area contributed by atoms with Crippen molar-refractivity contribution < 1.29 is 13.9 Å². The smallest absolute Gasteiger partial charge is 0.223 e. The summed E-state index contributed by atoms with van der Waals surface area (Å²) < 4.78 is 21.7. The molecule has 0 radical (unpaired) electrons. The van der Waals surface area contributed by atoms with Crippen molar-refractivity contribution in [2.75, 3.05) is 26.3 Å². The number of carbonyl (C=O) groups excluding carboxylic acids is 1. The molecule has 2 aromatic heterocycles. The Morgan fingerprint density at radius 2 is 2.00 bits per heavy atom. The van der Waals surface area contributed by atoms with Crippen LogP contribution < -0.4 is 0 Å². The molecule has 1 aliphatic heterocycles. The highest BCUT2D eigenvalue weighted by Gasteiger charge is 2.27. The van der Waals surface area contributed by atoms with E-state index in [2.05, 4.69) is 4.98 Å². The van der Waals surface area contributed by atoms with Crippen molar-refractivity contribution >= 4 is 23.2 Å². The van der Waals surface area contributed by atoms with E-state index >= 15 is 0 Å². The summed E-state index contributed by atoms with van der Waals surface area (Å²) in [5, 5.41) is 0.550. The van der Waals surface area contributed by atoms with Crippen LogP contribution in [0, 0.1) is 5.82 Å². The van der Waals surface area contributed by atoms with Gasteiger partial charge in [0.05, 0.1) is 23.9 Å². The third-order valence-electron chi connectivity index (χ3n) is 4.88. The zero-order chi connectivity index (χ0) is 18.8. The van der Waals surface area contributed by atoms with Crippen LogP contribution in [-0.2, 0) is 9.53 Å². The van der Waals surface area contributed by atoms with Crippen LogP contribution in [0.25, 0.3) is 5.65 Å². The molecule has 3 heterocycles. The fourth-order valence-electron chi connectivity index (χ4n) is 3.48. The number of pyridine rings is 1. The van der Waals surface area contributed by atoms with Crippen molar-refractivity contribution in [1.82, 2.24) is 14.3 Å². The fourth-order valence-corrected chi connectivity index (χ4v) is 3.64. The Balaban J connectivity index is 1.75. The van der Waals surface area contributed by atoms with Crippen LogP contribution in [0.5, 0.6) is 0 Å². The third kappa shape index (κ3) is 3.68. The minimum atomic E-state index is -0.463. The molecular weight excluding hydrogens is 369 g/mol. The summed E-state index contributed by atoms with van der Waals surface area (Å²) in [7, 11) is 0. The quantitative estimate of drug-likeness (QED) is 0.688. The summed E-state index contributed by atoms with van der Waals surface area (Å²) >= 11 is 6.15. The van der Waals surface area contributed by atoms with Crippen molar-refractivity contribution in [3.8, 4) is 0 Å². The normalized spacial score (nSPS) is 15.9. The van der Waals surface area contributed by atoms with Gasteiger partial charge >= 0.3 is 0 Å². The van der Waals surface area contributed by atoms with Crippen LogP contribution in [0.2, 0.25) is 5.02 Å². The summed E-state index contributed by atoms with van der Waals surface area (Å²) in [6.07, 6.45) is 3.59. The molecular formula is C20H19ClFN3O2. The lowest BCUT2D eigenvalue weighted by atomic mass is 9.91. The molecule has 0 aliphatic carbocycles. The Morgan fingerprint density at radius 1 is 1.22 bits per heavy atom. The average Bonchev–Trinajstić information content (AvgIpc) is 3.10. The number of rotatable bonds is 4. The number of fused-ring (bicyclic) bond motifs is 1. The lowest BCUT2D eigenvalue weighted by Crippen LogP contribution is -2.41. The zero-order valence-electron chi connectivity index (χ0n) is 14.6. The van der Waals surface area contributed by atoms with E-state index in [0.717, 1.165) is 5.69 Å².